The monoisotopic (exact) mass is 250 g/mol. The number of carbonyl (C=O) groups excluding carboxylic acids is 1. The van der Waals surface area contributed by atoms with Crippen molar-refractivity contribution in [2.24, 2.45) is 0 Å². The van der Waals surface area contributed by atoms with E-state index in [9.17, 15) is 4.79 Å². The Morgan fingerprint density at radius 2 is 2.00 bits per heavy atom. The van der Waals surface area contributed by atoms with Crippen molar-refractivity contribution in [1.29, 1.82) is 0 Å². The van der Waals surface area contributed by atoms with E-state index >= 15 is 0 Å². The van der Waals surface area contributed by atoms with E-state index in [0.717, 1.165) is 16.6 Å². The van der Waals surface area contributed by atoms with Crippen molar-refractivity contribution in [2.75, 3.05) is 0 Å². The number of hydrogen-bond acceptors (Lipinski definition) is 2. The van der Waals surface area contributed by atoms with E-state index in [2.05, 4.69) is 11.1 Å². The van der Waals surface area contributed by atoms with E-state index in [1.54, 1.807) is 6.92 Å². The van der Waals surface area contributed by atoms with Crippen LogP contribution >= 0.6 is 0 Å². The molecule has 19 heavy (non-hydrogen) atoms. The summed E-state index contributed by atoms with van der Waals surface area (Å²) in [4.78, 5) is 15.9. The summed E-state index contributed by atoms with van der Waals surface area (Å²) in [5, 5.41) is 1.13. The Labute approximate surface area is 111 Å². The van der Waals surface area contributed by atoms with Crippen LogP contribution < -0.4 is 0 Å². The zero-order valence-electron chi connectivity index (χ0n) is 10.7. The Hall–Kier alpha value is -2.42. The van der Waals surface area contributed by atoms with Gasteiger partial charge in [-0.1, -0.05) is 18.2 Å². The van der Waals surface area contributed by atoms with Gasteiger partial charge in [-0.05, 0) is 29.8 Å². The zero-order chi connectivity index (χ0) is 13.2. The summed E-state index contributed by atoms with van der Waals surface area (Å²) in [6, 6.07) is 13.8. The topological polar surface area (TPSA) is 34.9 Å². The van der Waals surface area contributed by atoms with Gasteiger partial charge in [0.05, 0.1) is 11.2 Å². The summed E-state index contributed by atoms with van der Waals surface area (Å²) in [7, 11) is 0. The van der Waals surface area contributed by atoms with Gasteiger partial charge in [-0.2, -0.15) is 0 Å². The number of ketones is 1. The fourth-order valence-corrected chi connectivity index (χ4v) is 2.35. The van der Waals surface area contributed by atoms with Crippen molar-refractivity contribution in [3.8, 4) is 0 Å². The van der Waals surface area contributed by atoms with Crippen LogP contribution in [0.4, 0.5) is 0 Å². The highest BCUT2D eigenvalue weighted by Crippen LogP contribution is 2.18. The van der Waals surface area contributed by atoms with E-state index in [4.69, 9.17) is 0 Å². The molecule has 0 N–H and O–H groups in total. The maximum atomic E-state index is 11.5. The van der Waals surface area contributed by atoms with Crippen LogP contribution in [-0.4, -0.2) is 15.3 Å². The molecule has 3 heteroatoms. The van der Waals surface area contributed by atoms with Gasteiger partial charge in [0, 0.05) is 31.2 Å². The van der Waals surface area contributed by atoms with Crippen LogP contribution in [0.1, 0.15) is 23.0 Å². The lowest BCUT2D eigenvalue weighted by molar-refractivity contribution is 0.100. The molecule has 3 rings (SSSR count). The number of aromatic nitrogens is 2. The van der Waals surface area contributed by atoms with E-state index < -0.39 is 0 Å². The predicted octanol–water partition coefficient (Wildman–Crippen LogP) is 3.29. The van der Waals surface area contributed by atoms with Gasteiger partial charge in [-0.15, -0.1) is 0 Å². The van der Waals surface area contributed by atoms with E-state index in [1.165, 1.54) is 5.56 Å². The van der Waals surface area contributed by atoms with Crippen LogP contribution in [-0.2, 0) is 6.54 Å². The molecule has 3 nitrogen and oxygen atoms in total. The molecule has 0 saturated carbocycles. The maximum absolute atomic E-state index is 11.5. The summed E-state index contributed by atoms with van der Waals surface area (Å²) in [5.41, 5.74) is 2.89. The summed E-state index contributed by atoms with van der Waals surface area (Å²) in [6.45, 7) is 2.28. The van der Waals surface area contributed by atoms with Gasteiger partial charge in [0.25, 0.3) is 0 Å². The van der Waals surface area contributed by atoms with Gasteiger partial charge in [-0.3, -0.25) is 9.78 Å². The number of hydrogen-bond donors (Lipinski definition) is 0. The molecule has 0 unspecified atom stereocenters. The minimum absolute atomic E-state index is 0.0864. The van der Waals surface area contributed by atoms with Crippen molar-refractivity contribution >= 4 is 16.7 Å². The first-order chi connectivity index (χ1) is 9.25. The highest BCUT2D eigenvalue weighted by atomic mass is 16.1. The first-order valence-electron chi connectivity index (χ1n) is 6.24. The van der Waals surface area contributed by atoms with Crippen LogP contribution in [0, 0.1) is 0 Å². The number of Topliss-reactive ketones (excluding diaryl/α,β-unsaturated/α-hetero) is 1. The Balaban J connectivity index is 2.06. The smallest absolute Gasteiger partial charge is 0.176 e. The molecule has 0 spiro atoms. The van der Waals surface area contributed by atoms with E-state index in [1.807, 2.05) is 53.4 Å². The quantitative estimate of drug-likeness (QED) is 0.668. The van der Waals surface area contributed by atoms with Gasteiger partial charge < -0.3 is 4.57 Å². The number of rotatable bonds is 3. The molecule has 0 aliphatic carbocycles. The Morgan fingerprint density at radius 3 is 2.84 bits per heavy atom. The average Bonchev–Trinajstić information content (AvgIpc) is 2.87. The molecule has 0 aliphatic rings. The Morgan fingerprint density at radius 1 is 1.16 bits per heavy atom. The fraction of sp³-hybridized carbons (Fsp3) is 0.125. The first-order valence-corrected chi connectivity index (χ1v) is 6.24. The third-order valence-electron chi connectivity index (χ3n) is 3.27. The summed E-state index contributed by atoms with van der Waals surface area (Å²) in [5.74, 6) is 0.0864. The van der Waals surface area contributed by atoms with Gasteiger partial charge in [0.15, 0.2) is 5.78 Å². The maximum Gasteiger partial charge on any atom is 0.176 e. The molecular weight excluding hydrogens is 236 g/mol. The second kappa shape index (κ2) is 4.69. The molecule has 0 amide bonds. The molecule has 0 radical (unpaired) electrons. The molecular formula is C16H14N2O. The van der Waals surface area contributed by atoms with E-state index in [0.29, 0.717) is 6.54 Å². The van der Waals surface area contributed by atoms with Crippen LogP contribution in [0.5, 0.6) is 0 Å². The molecule has 1 aromatic carbocycles. The third kappa shape index (κ3) is 2.15. The molecule has 2 aromatic heterocycles. The molecule has 2 heterocycles. The van der Waals surface area contributed by atoms with Crippen molar-refractivity contribution in [1.82, 2.24) is 9.55 Å². The summed E-state index contributed by atoms with van der Waals surface area (Å²) < 4.78 is 1.98. The Bertz CT molecular complexity index is 738. The lowest BCUT2D eigenvalue weighted by atomic mass is 10.1. The molecule has 0 fully saturated rings. The molecule has 0 aliphatic heterocycles. The van der Waals surface area contributed by atoms with Crippen molar-refractivity contribution < 1.29 is 4.79 Å². The van der Waals surface area contributed by atoms with Crippen molar-refractivity contribution in [2.45, 2.75) is 13.5 Å². The number of carbonyl (C=O) groups is 1. The second-order valence-electron chi connectivity index (χ2n) is 4.56. The standard InChI is InChI=1S/C16H14N2O/c1-12(19)16-7-4-10-18(16)11-13-8-9-17-15-6-3-2-5-14(13)15/h2-10H,11H2,1H3. The predicted molar refractivity (Wildman–Crippen MR) is 75.3 cm³/mol. The van der Waals surface area contributed by atoms with Crippen LogP contribution in [0.3, 0.4) is 0 Å². The van der Waals surface area contributed by atoms with Gasteiger partial charge in [-0.25, -0.2) is 0 Å². The molecule has 0 atom stereocenters. The molecule has 94 valence electrons. The minimum Gasteiger partial charge on any atom is -0.341 e. The number of para-hydroxylation sites is 1. The zero-order valence-corrected chi connectivity index (χ0v) is 10.7. The SMILES string of the molecule is CC(=O)c1cccn1Cc1ccnc2ccccc12. The molecule has 3 aromatic rings. The van der Waals surface area contributed by atoms with Crippen LogP contribution in [0.25, 0.3) is 10.9 Å². The second-order valence-corrected chi connectivity index (χ2v) is 4.56. The van der Waals surface area contributed by atoms with Crippen molar-refractivity contribution in [3.05, 3.63) is 66.1 Å². The largest absolute Gasteiger partial charge is 0.341 e. The van der Waals surface area contributed by atoms with Crippen LogP contribution in [0.15, 0.2) is 54.9 Å². The van der Waals surface area contributed by atoms with E-state index in [-0.39, 0.29) is 5.78 Å². The number of benzene rings is 1. The molecule has 0 saturated heterocycles. The lowest BCUT2D eigenvalue weighted by Gasteiger charge is -2.09. The summed E-state index contributed by atoms with van der Waals surface area (Å²) >= 11 is 0. The summed E-state index contributed by atoms with van der Waals surface area (Å²) in [6.07, 6.45) is 3.75. The number of pyridine rings is 1. The van der Waals surface area contributed by atoms with Crippen molar-refractivity contribution in [3.63, 3.8) is 0 Å². The highest BCUT2D eigenvalue weighted by molar-refractivity contribution is 5.92. The molecule has 0 bridgehead atoms. The van der Waals surface area contributed by atoms with Gasteiger partial charge in [0.2, 0.25) is 0 Å². The number of fused-ring (bicyclic) bond motifs is 1. The third-order valence-corrected chi connectivity index (χ3v) is 3.27. The first kappa shape index (κ1) is 11.7. The average molecular weight is 250 g/mol. The van der Waals surface area contributed by atoms with Gasteiger partial charge >= 0.3 is 0 Å². The normalized spacial score (nSPS) is 10.8. The number of nitrogens with zero attached hydrogens (tertiary/aromatic N) is 2. The fourth-order valence-electron chi connectivity index (χ4n) is 2.35. The van der Waals surface area contributed by atoms with Gasteiger partial charge in [0.1, 0.15) is 0 Å². The highest BCUT2D eigenvalue weighted by Gasteiger charge is 2.08. The lowest BCUT2D eigenvalue weighted by Crippen LogP contribution is -2.07. The Kier molecular flexibility index (Phi) is 2.88. The minimum atomic E-state index is 0.0864. The van der Waals surface area contributed by atoms with Crippen LogP contribution in [0.2, 0.25) is 0 Å².